The van der Waals surface area contributed by atoms with Crippen LogP contribution in [0.4, 0.5) is 5.69 Å². The second-order valence-corrected chi connectivity index (χ2v) is 4.28. The van der Waals surface area contributed by atoms with E-state index in [9.17, 15) is 4.79 Å². The number of thiol groups is 1. The summed E-state index contributed by atoms with van der Waals surface area (Å²) in [5, 5.41) is 8.77. The topological polar surface area (TPSA) is 89.3 Å². The molecule has 0 fully saturated rings. The summed E-state index contributed by atoms with van der Waals surface area (Å²) in [6.07, 6.45) is 0.0328. The number of carbonyl (C=O) groups is 1. The van der Waals surface area contributed by atoms with Crippen LogP contribution in [0.5, 0.6) is 0 Å². The van der Waals surface area contributed by atoms with Crippen molar-refractivity contribution < 1.29 is 9.90 Å². The highest BCUT2D eigenvalue weighted by molar-refractivity contribution is 7.80. The predicted molar refractivity (Wildman–Crippen MR) is 69.7 cm³/mol. The molecule has 0 radical (unpaired) electrons. The van der Waals surface area contributed by atoms with Crippen molar-refractivity contribution in [3.8, 4) is 0 Å². The second kappa shape index (κ2) is 8.01. The zero-order valence-corrected chi connectivity index (χ0v) is 10.2. The lowest BCUT2D eigenvalue weighted by atomic mass is 10.1. The molecule has 90 valence electrons. The van der Waals surface area contributed by atoms with Crippen LogP contribution in [0.3, 0.4) is 0 Å². The van der Waals surface area contributed by atoms with Crippen LogP contribution in [-0.4, -0.2) is 22.9 Å². The molecule has 1 aromatic carbocycles. The quantitative estimate of drug-likeness (QED) is 0.473. The first-order valence-electron chi connectivity index (χ1n) is 4.90. The molecule has 0 aliphatic heterocycles. The van der Waals surface area contributed by atoms with Gasteiger partial charge >= 0.3 is 5.97 Å². The van der Waals surface area contributed by atoms with E-state index < -0.39 is 5.97 Å². The maximum atomic E-state index is 10.2. The van der Waals surface area contributed by atoms with Crippen molar-refractivity contribution in [1.82, 2.24) is 0 Å². The van der Waals surface area contributed by atoms with E-state index in [1.54, 1.807) is 24.3 Å². The first-order chi connectivity index (χ1) is 7.45. The Hall–Kier alpha value is -1.20. The van der Waals surface area contributed by atoms with Crippen LogP contribution < -0.4 is 11.5 Å². The standard InChI is InChI=1S/C8H9NO2.C3H9NS/c9-7-3-1-2-6(4-7)5-8(10)11;1-3(5)2-4/h1-4H,5,9H2,(H,10,11);3,5H,2,4H2,1H3. The van der Waals surface area contributed by atoms with Crippen molar-refractivity contribution in [2.24, 2.45) is 5.73 Å². The lowest BCUT2D eigenvalue weighted by molar-refractivity contribution is -0.136. The molecule has 1 unspecified atom stereocenters. The Bertz CT molecular complexity index is 330. The van der Waals surface area contributed by atoms with Crippen LogP contribution in [0.1, 0.15) is 12.5 Å². The molecule has 0 aliphatic rings. The number of benzene rings is 1. The maximum absolute atomic E-state index is 10.2. The van der Waals surface area contributed by atoms with Crippen LogP contribution in [0.15, 0.2) is 24.3 Å². The number of nitrogen functional groups attached to an aromatic ring is 1. The Morgan fingerprint density at radius 1 is 1.56 bits per heavy atom. The van der Waals surface area contributed by atoms with E-state index in [0.29, 0.717) is 17.5 Å². The summed E-state index contributed by atoms with van der Waals surface area (Å²) in [6, 6.07) is 6.87. The van der Waals surface area contributed by atoms with Crippen molar-refractivity contribution in [2.45, 2.75) is 18.6 Å². The van der Waals surface area contributed by atoms with Gasteiger partial charge in [-0.05, 0) is 17.7 Å². The molecule has 1 atom stereocenters. The molecule has 0 saturated heterocycles. The van der Waals surface area contributed by atoms with E-state index in [1.165, 1.54) is 0 Å². The van der Waals surface area contributed by atoms with Crippen LogP contribution in [0.25, 0.3) is 0 Å². The number of nitrogens with two attached hydrogens (primary N) is 2. The second-order valence-electron chi connectivity index (χ2n) is 3.40. The Kier molecular flexibility index (Phi) is 7.41. The number of hydrogen-bond acceptors (Lipinski definition) is 4. The SMILES string of the molecule is CC(S)CN.Nc1cccc(CC(=O)O)c1. The third-order valence-corrected chi connectivity index (χ3v) is 1.86. The first-order valence-corrected chi connectivity index (χ1v) is 5.41. The van der Waals surface area contributed by atoms with Gasteiger partial charge in [-0.1, -0.05) is 19.1 Å². The molecular weight excluding hydrogens is 224 g/mol. The van der Waals surface area contributed by atoms with E-state index in [0.717, 1.165) is 5.56 Å². The molecular formula is C11H18N2O2S. The minimum atomic E-state index is -0.837. The van der Waals surface area contributed by atoms with Crippen molar-refractivity contribution in [2.75, 3.05) is 12.3 Å². The third kappa shape index (κ3) is 8.14. The van der Waals surface area contributed by atoms with E-state index in [2.05, 4.69) is 12.6 Å². The molecule has 0 bridgehead atoms. The molecule has 1 aromatic rings. The van der Waals surface area contributed by atoms with Gasteiger partial charge in [-0.2, -0.15) is 12.6 Å². The summed E-state index contributed by atoms with van der Waals surface area (Å²) in [4.78, 5) is 10.2. The predicted octanol–water partition coefficient (Wildman–Crippen LogP) is 1.16. The van der Waals surface area contributed by atoms with Gasteiger partial charge in [0.25, 0.3) is 0 Å². The molecule has 0 amide bonds. The van der Waals surface area contributed by atoms with Gasteiger partial charge in [0.1, 0.15) is 0 Å². The van der Waals surface area contributed by atoms with Gasteiger partial charge in [0.05, 0.1) is 6.42 Å². The fourth-order valence-corrected chi connectivity index (χ4v) is 0.878. The summed E-state index contributed by atoms with van der Waals surface area (Å²) in [5.74, 6) is -0.837. The van der Waals surface area contributed by atoms with Gasteiger partial charge in [-0.25, -0.2) is 0 Å². The highest BCUT2D eigenvalue weighted by Gasteiger charge is 1.98. The zero-order valence-electron chi connectivity index (χ0n) is 9.26. The molecule has 0 spiro atoms. The van der Waals surface area contributed by atoms with Crippen LogP contribution in [-0.2, 0) is 11.2 Å². The number of anilines is 1. The largest absolute Gasteiger partial charge is 0.481 e. The fraction of sp³-hybridized carbons (Fsp3) is 0.364. The Balaban J connectivity index is 0.000000385. The summed E-state index contributed by atoms with van der Waals surface area (Å²) >= 11 is 3.97. The van der Waals surface area contributed by atoms with Crippen molar-refractivity contribution in [3.05, 3.63) is 29.8 Å². The molecule has 0 aromatic heterocycles. The van der Waals surface area contributed by atoms with Gasteiger partial charge in [-0.15, -0.1) is 0 Å². The highest BCUT2D eigenvalue weighted by Crippen LogP contribution is 2.06. The fourth-order valence-electron chi connectivity index (χ4n) is 0.878. The highest BCUT2D eigenvalue weighted by atomic mass is 32.1. The van der Waals surface area contributed by atoms with Gasteiger partial charge in [0.2, 0.25) is 0 Å². The number of carboxylic acid groups (broad SMARTS) is 1. The lowest BCUT2D eigenvalue weighted by Crippen LogP contribution is -2.08. The molecule has 0 saturated carbocycles. The van der Waals surface area contributed by atoms with E-state index in [-0.39, 0.29) is 6.42 Å². The minimum Gasteiger partial charge on any atom is -0.481 e. The Labute approximate surface area is 101 Å². The third-order valence-electron chi connectivity index (χ3n) is 1.65. The van der Waals surface area contributed by atoms with Crippen LogP contribution >= 0.6 is 12.6 Å². The van der Waals surface area contributed by atoms with Crippen LogP contribution in [0.2, 0.25) is 0 Å². The minimum absolute atomic E-state index is 0.0328. The summed E-state index contributed by atoms with van der Waals surface area (Å²) in [6.45, 7) is 2.63. The Morgan fingerprint density at radius 2 is 2.12 bits per heavy atom. The van der Waals surface area contributed by atoms with E-state index >= 15 is 0 Å². The molecule has 4 nitrogen and oxygen atoms in total. The number of aliphatic carboxylic acids is 1. The van der Waals surface area contributed by atoms with Crippen molar-refractivity contribution in [3.63, 3.8) is 0 Å². The number of carboxylic acids is 1. The average Bonchev–Trinajstić information content (AvgIpc) is 2.17. The zero-order chi connectivity index (χ0) is 12.6. The van der Waals surface area contributed by atoms with Crippen LogP contribution in [0, 0.1) is 0 Å². The normalized spacial score (nSPS) is 11.2. The Morgan fingerprint density at radius 3 is 2.50 bits per heavy atom. The number of rotatable bonds is 3. The van der Waals surface area contributed by atoms with E-state index in [1.807, 2.05) is 6.92 Å². The first kappa shape index (κ1) is 14.8. The maximum Gasteiger partial charge on any atom is 0.307 e. The lowest BCUT2D eigenvalue weighted by Gasteiger charge is -1.96. The molecule has 5 heteroatoms. The summed E-state index contributed by atoms with van der Waals surface area (Å²) in [5.41, 5.74) is 11.9. The van der Waals surface area contributed by atoms with Gasteiger partial charge in [0, 0.05) is 17.5 Å². The summed E-state index contributed by atoms with van der Waals surface area (Å²) in [7, 11) is 0. The molecule has 0 heterocycles. The van der Waals surface area contributed by atoms with Crippen molar-refractivity contribution in [1.29, 1.82) is 0 Å². The van der Waals surface area contributed by atoms with Crippen molar-refractivity contribution >= 4 is 24.3 Å². The average molecular weight is 242 g/mol. The molecule has 16 heavy (non-hydrogen) atoms. The molecule has 5 N–H and O–H groups in total. The molecule has 1 rings (SSSR count). The summed E-state index contributed by atoms with van der Waals surface area (Å²) < 4.78 is 0. The van der Waals surface area contributed by atoms with Gasteiger partial charge in [0.15, 0.2) is 0 Å². The van der Waals surface area contributed by atoms with Gasteiger partial charge < -0.3 is 16.6 Å². The van der Waals surface area contributed by atoms with E-state index in [4.69, 9.17) is 16.6 Å². The molecule has 0 aliphatic carbocycles. The monoisotopic (exact) mass is 242 g/mol. The number of hydrogen-bond donors (Lipinski definition) is 4. The smallest absolute Gasteiger partial charge is 0.307 e. The van der Waals surface area contributed by atoms with Gasteiger partial charge in [-0.3, -0.25) is 4.79 Å².